The van der Waals surface area contributed by atoms with Crippen molar-refractivity contribution in [3.8, 4) is 5.75 Å². The molecule has 0 aliphatic carbocycles. The van der Waals surface area contributed by atoms with Crippen LogP contribution >= 0.6 is 0 Å². The fourth-order valence-electron chi connectivity index (χ4n) is 1.17. The van der Waals surface area contributed by atoms with E-state index >= 15 is 0 Å². The van der Waals surface area contributed by atoms with E-state index in [0.717, 1.165) is 0 Å². The van der Waals surface area contributed by atoms with Gasteiger partial charge in [-0.15, -0.1) is 0 Å². The number of halogens is 2. The van der Waals surface area contributed by atoms with Gasteiger partial charge in [0.05, 0.1) is 5.39 Å². The molecule has 1 heterocycles. The van der Waals surface area contributed by atoms with E-state index in [9.17, 15) is 18.7 Å². The van der Waals surface area contributed by atoms with Crippen LogP contribution in [0.25, 0.3) is 11.0 Å². The summed E-state index contributed by atoms with van der Waals surface area (Å²) in [7, 11) is 0. The van der Waals surface area contributed by atoms with Crippen LogP contribution in [0.5, 0.6) is 5.75 Å². The van der Waals surface area contributed by atoms with Crippen LogP contribution < -0.4 is 5.63 Å². The van der Waals surface area contributed by atoms with Gasteiger partial charge in [0.1, 0.15) is 11.3 Å². The molecule has 0 aliphatic rings. The van der Waals surface area contributed by atoms with Crippen molar-refractivity contribution in [2.24, 2.45) is 0 Å². The van der Waals surface area contributed by atoms with E-state index in [4.69, 9.17) is 0 Å². The zero-order chi connectivity index (χ0) is 10.3. The van der Waals surface area contributed by atoms with E-state index < -0.39 is 28.4 Å². The third-order valence-electron chi connectivity index (χ3n) is 1.80. The number of hydrogen-bond donors (Lipinski definition) is 1. The lowest BCUT2D eigenvalue weighted by Gasteiger charge is -2.00. The summed E-state index contributed by atoms with van der Waals surface area (Å²) in [5, 5.41) is 8.77. The van der Waals surface area contributed by atoms with Crippen LogP contribution in [0.15, 0.2) is 27.4 Å². The number of phenols is 1. The van der Waals surface area contributed by atoms with Crippen LogP contribution in [0.2, 0.25) is 0 Å². The molecule has 0 atom stereocenters. The highest BCUT2D eigenvalue weighted by Crippen LogP contribution is 2.26. The third kappa shape index (κ3) is 1.06. The average Bonchev–Trinajstić information content (AvgIpc) is 2.14. The fourth-order valence-corrected chi connectivity index (χ4v) is 1.17. The molecule has 0 amide bonds. The van der Waals surface area contributed by atoms with Gasteiger partial charge in [0, 0.05) is 0 Å². The number of rotatable bonds is 0. The monoisotopic (exact) mass is 198 g/mol. The lowest BCUT2D eigenvalue weighted by molar-refractivity contribution is 0.429. The zero-order valence-electron chi connectivity index (χ0n) is 6.75. The standard InChI is InChI=1S/C9H4F2O3/c10-7-6-4(12)2-1-3-5(6)14-9(13)8(7)11/h1-3,12H. The molecule has 72 valence electrons. The number of phenolic OH excluding ortho intramolecular Hbond substituents is 1. The van der Waals surface area contributed by atoms with Crippen molar-refractivity contribution in [1.29, 1.82) is 0 Å². The number of aromatic hydroxyl groups is 1. The van der Waals surface area contributed by atoms with Crippen molar-refractivity contribution in [2.75, 3.05) is 0 Å². The van der Waals surface area contributed by atoms with E-state index in [1.807, 2.05) is 0 Å². The van der Waals surface area contributed by atoms with Crippen LogP contribution in [0.3, 0.4) is 0 Å². The van der Waals surface area contributed by atoms with Crippen molar-refractivity contribution in [3.05, 3.63) is 40.3 Å². The Morgan fingerprint density at radius 2 is 1.93 bits per heavy atom. The summed E-state index contributed by atoms with van der Waals surface area (Å²) in [6.45, 7) is 0. The van der Waals surface area contributed by atoms with Gasteiger partial charge >= 0.3 is 5.63 Å². The Kier molecular flexibility index (Phi) is 1.73. The molecule has 14 heavy (non-hydrogen) atoms. The quantitative estimate of drug-likeness (QED) is 0.656. The molecule has 0 saturated carbocycles. The van der Waals surface area contributed by atoms with Gasteiger partial charge in [-0.2, -0.15) is 4.39 Å². The first kappa shape index (κ1) is 8.68. The van der Waals surface area contributed by atoms with E-state index in [2.05, 4.69) is 4.42 Å². The Hall–Kier alpha value is -1.91. The first-order valence-electron chi connectivity index (χ1n) is 3.71. The summed E-state index contributed by atoms with van der Waals surface area (Å²) in [5.74, 6) is -3.49. The molecule has 1 N–H and O–H groups in total. The van der Waals surface area contributed by atoms with E-state index in [1.165, 1.54) is 18.2 Å². The molecule has 0 aliphatic heterocycles. The highest BCUT2D eigenvalue weighted by Gasteiger charge is 2.16. The summed E-state index contributed by atoms with van der Waals surface area (Å²) in [4.78, 5) is 10.7. The Balaban J connectivity index is 3.07. The average molecular weight is 198 g/mol. The Morgan fingerprint density at radius 3 is 2.64 bits per heavy atom. The lowest BCUT2D eigenvalue weighted by atomic mass is 10.2. The highest BCUT2D eigenvalue weighted by molar-refractivity contribution is 5.83. The van der Waals surface area contributed by atoms with Crippen LogP contribution in [0, 0.1) is 11.6 Å². The van der Waals surface area contributed by atoms with Crippen LogP contribution in [-0.2, 0) is 0 Å². The van der Waals surface area contributed by atoms with Gasteiger partial charge in [-0.25, -0.2) is 9.18 Å². The van der Waals surface area contributed by atoms with Gasteiger partial charge in [-0.05, 0) is 12.1 Å². The van der Waals surface area contributed by atoms with Gasteiger partial charge in [0.15, 0.2) is 5.82 Å². The molecule has 0 fully saturated rings. The molecule has 2 aromatic rings. The molecular weight excluding hydrogens is 194 g/mol. The summed E-state index contributed by atoms with van der Waals surface area (Å²) >= 11 is 0. The van der Waals surface area contributed by atoms with Gasteiger partial charge < -0.3 is 9.52 Å². The van der Waals surface area contributed by atoms with Crippen molar-refractivity contribution in [1.82, 2.24) is 0 Å². The zero-order valence-corrected chi connectivity index (χ0v) is 6.75. The molecule has 3 nitrogen and oxygen atoms in total. The minimum absolute atomic E-state index is 0.186. The third-order valence-corrected chi connectivity index (χ3v) is 1.80. The summed E-state index contributed by atoms with van der Waals surface area (Å²) in [6, 6.07) is 3.79. The topological polar surface area (TPSA) is 50.4 Å². The van der Waals surface area contributed by atoms with Gasteiger partial charge in [-0.3, -0.25) is 0 Å². The Labute approximate surface area is 76.2 Å². The molecule has 1 aromatic carbocycles. The van der Waals surface area contributed by atoms with Gasteiger partial charge in [0.2, 0.25) is 5.82 Å². The predicted octanol–water partition coefficient (Wildman–Crippen LogP) is 1.78. The van der Waals surface area contributed by atoms with E-state index in [1.54, 1.807) is 0 Å². The molecule has 0 bridgehead atoms. The molecule has 5 heteroatoms. The molecule has 0 spiro atoms. The smallest absolute Gasteiger partial charge is 0.375 e. The minimum atomic E-state index is -1.63. The Morgan fingerprint density at radius 1 is 1.21 bits per heavy atom. The summed E-state index contributed by atoms with van der Waals surface area (Å²) in [6.07, 6.45) is 0. The second kappa shape index (κ2) is 2.80. The first-order chi connectivity index (χ1) is 6.61. The van der Waals surface area contributed by atoms with Crippen LogP contribution in [0.1, 0.15) is 0 Å². The fraction of sp³-hybridized carbons (Fsp3) is 0. The van der Waals surface area contributed by atoms with Crippen molar-refractivity contribution >= 4 is 11.0 Å². The normalized spacial score (nSPS) is 10.7. The van der Waals surface area contributed by atoms with E-state index in [0.29, 0.717) is 0 Å². The first-order valence-corrected chi connectivity index (χ1v) is 3.71. The summed E-state index contributed by atoms with van der Waals surface area (Å²) < 4.78 is 30.3. The maximum atomic E-state index is 13.1. The maximum Gasteiger partial charge on any atom is 0.375 e. The van der Waals surface area contributed by atoms with Crippen molar-refractivity contribution in [2.45, 2.75) is 0 Å². The molecule has 0 saturated heterocycles. The maximum absolute atomic E-state index is 13.1. The minimum Gasteiger partial charge on any atom is -0.507 e. The molecule has 0 radical (unpaired) electrons. The number of benzene rings is 1. The molecule has 0 unspecified atom stereocenters. The highest BCUT2D eigenvalue weighted by atomic mass is 19.2. The van der Waals surface area contributed by atoms with E-state index in [-0.39, 0.29) is 5.58 Å². The van der Waals surface area contributed by atoms with Crippen LogP contribution in [-0.4, -0.2) is 5.11 Å². The van der Waals surface area contributed by atoms with Gasteiger partial charge in [-0.1, -0.05) is 6.07 Å². The molecule has 1 aromatic heterocycles. The number of fused-ring (bicyclic) bond motifs is 1. The van der Waals surface area contributed by atoms with Crippen molar-refractivity contribution in [3.63, 3.8) is 0 Å². The second-order valence-electron chi connectivity index (χ2n) is 2.67. The Bertz CT molecular complexity index is 560. The SMILES string of the molecule is O=c1oc2cccc(O)c2c(F)c1F. The van der Waals surface area contributed by atoms with Crippen molar-refractivity contribution < 1.29 is 18.3 Å². The summed E-state index contributed by atoms with van der Waals surface area (Å²) in [5.41, 5.74) is -1.57. The lowest BCUT2D eigenvalue weighted by Crippen LogP contribution is -2.07. The van der Waals surface area contributed by atoms with Gasteiger partial charge in [0.25, 0.3) is 0 Å². The second-order valence-corrected chi connectivity index (χ2v) is 2.67. The number of hydrogen-bond acceptors (Lipinski definition) is 3. The largest absolute Gasteiger partial charge is 0.507 e. The molecular formula is C9H4F2O3. The molecule has 2 rings (SSSR count). The predicted molar refractivity (Wildman–Crippen MR) is 44.1 cm³/mol. The van der Waals surface area contributed by atoms with Crippen LogP contribution in [0.4, 0.5) is 8.78 Å².